The molecule has 0 aliphatic carbocycles. The van der Waals surface area contributed by atoms with E-state index in [4.69, 9.17) is 4.42 Å². The molecule has 0 saturated carbocycles. The van der Waals surface area contributed by atoms with Gasteiger partial charge < -0.3 is 9.73 Å². The standard InChI is InChI=1S/C14H18N2O/c1-4-15-8-13-9-17-14(16-13)12-6-5-10(2)11(3)7-12/h5-7,9,15H,4,8H2,1-3H3. The van der Waals surface area contributed by atoms with Gasteiger partial charge in [0, 0.05) is 12.1 Å². The first-order chi connectivity index (χ1) is 8.20. The molecule has 0 amide bonds. The molecule has 0 saturated heterocycles. The van der Waals surface area contributed by atoms with Gasteiger partial charge in [-0.3, -0.25) is 0 Å². The Morgan fingerprint density at radius 3 is 2.76 bits per heavy atom. The number of aryl methyl sites for hydroxylation is 2. The maximum absolute atomic E-state index is 5.49. The van der Waals surface area contributed by atoms with Gasteiger partial charge in [-0.1, -0.05) is 13.0 Å². The average Bonchev–Trinajstić information content (AvgIpc) is 2.79. The molecule has 0 fully saturated rings. The van der Waals surface area contributed by atoms with Gasteiger partial charge in [0.1, 0.15) is 6.26 Å². The second-order valence-electron chi connectivity index (χ2n) is 4.22. The number of nitrogens with one attached hydrogen (secondary N) is 1. The fourth-order valence-corrected chi connectivity index (χ4v) is 1.65. The van der Waals surface area contributed by atoms with E-state index in [0.29, 0.717) is 5.89 Å². The van der Waals surface area contributed by atoms with Crippen LogP contribution in [0.1, 0.15) is 23.7 Å². The molecule has 3 heteroatoms. The summed E-state index contributed by atoms with van der Waals surface area (Å²) >= 11 is 0. The SMILES string of the molecule is CCNCc1coc(-c2ccc(C)c(C)c2)n1. The molecule has 2 aromatic rings. The molecular formula is C14H18N2O. The van der Waals surface area contributed by atoms with E-state index in [2.05, 4.69) is 43.2 Å². The third-order valence-electron chi connectivity index (χ3n) is 2.86. The summed E-state index contributed by atoms with van der Waals surface area (Å²) in [5, 5.41) is 3.23. The fraction of sp³-hybridized carbons (Fsp3) is 0.357. The van der Waals surface area contributed by atoms with Crippen LogP contribution in [0, 0.1) is 13.8 Å². The normalized spacial score (nSPS) is 10.8. The van der Waals surface area contributed by atoms with Crippen molar-refractivity contribution in [2.45, 2.75) is 27.3 Å². The van der Waals surface area contributed by atoms with Crippen LogP contribution in [0.3, 0.4) is 0 Å². The molecule has 0 unspecified atom stereocenters. The Balaban J connectivity index is 2.21. The third kappa shape index (κ3) is 2.74. The highest BCUT2D eigenvalue weighted by Crippen LogP contribution is 2.21. The van der Waals surface area contributed by atoms with Gasteiger partial charge >= 0.3 is 0 Å². The molecule has 1 heterocycles. The Bertz CT molecular complexity index is 503. The van der Waals surface area contributed by atoms with Gasteiger partial charge in [0.05, 0.1) is 5.69 Å². The summed E-state index contributed by atoms with van der Waals surface area (Å²) in [5.41, 5.74) is 4.53. The lowest BCUT2D eigenvalue weighted by atomic mass is 10.1. The molecule has 2 rings (SSSR count). The fourth-order valence-electron chi connectivity index (χ4n) is 1.65. The van der Waals surface area contributed by atoms with E-state index < -0.39 is 0 Å². The zero-order valence-electron chi connectivity index (χ0n) is 10.6. The monoisotopic (exact) mass is 230 g/mol. The summed E-state index contributed by atoms with van der Waals surface area (Å²) in [7, 11) is 0. The Labute approximate surface area is 102 Å². The lowest BCUT2D eigenvalue weighted by Crippen LogP contribution is -2.11. The van der Waals surface area contributed by atoms with Crippen molar-refractivity contribution >= 4 is 0 Å². The van der Waals surface area contributed by atoms with E-state index in [9.17, 15) is 0 Å². The van der Waals surface area contributed by atoms with Crippen LogP contribution < -0.4 is 5.32 Å². The lowest BCUT2D eigenvalue weighted by Gasteiger charge is -2.01. The predicted octanol–water partition coefficient (Wildman–Crippen LogP) is 3.07. The number of rotatable bonds is 4. The number of aromatic nitrogens is 1. The van der Waals surface area contributed by atoms with Crippen molar-refractivity contribution in [3.8, 4) is 11.5 Å². The van der Waals surface area contributed by atoms with Gasteiger partial charge in [-0.15, -0.1) is 0 Å². The van der Waals surface area contributed by atoms with Crippen molar-refractivity contribution in [3.05, 3.63) is 41.3 Å². The van der Waals surface area contributed by atoms with E-state index in [1.165, 1.54) is 11.1 Å². The summed E-state index contributed by atoms with van der Waals surface area (Å²) < 4.78 is 5.49. The largest absolute Gasteiger partial charge is 0.444 e. The van der Waals surface area contributed by atoms with Crippen molar-refractivity contribution < 1.29 is 4.42 Å². The molecule has 0 spiro atoms. The molecule has 17 heavy (non-hydrogen) atoms. The van der Waals surface area contributed by atoms with Gasteiger partial charge in [0.25, 0.3) is 0 Å². The minimum absolute atomic E-state index is 0.695. The van der Waals surface area contributed by atoms with E-state index in [0.717, 1.165) is 24.3 Å². The van der Waals surface area contributed by atoms with Crippen LogP contribution in [0.5, 0.6) is 0 Å². The molecular weight excluding hydrogens is 212 g/mol. The van der Waals surface area contributed by atoms with Gasteiger partial charge in [-0.2, -0.15) is 0 Å². The van der Waals surface area contributed by atoms with Crippen molar-refractivity contribution in [2.24, 2.45) is 0 Å². The Hall–Kier alpha value is -1.61. The number of nitrogens with zero attached hydrogens (tertiary/aromatic N) is 1. The van der Waals surface area contributed by atoms with Gasteiger partial charge in [0.2, 0.25) is 5.89 Å². The van der Waals surface area contributed by atoms with E-state index in [1.807, 2.05) is 6.07 Å². The Morgan fingerprint density at radius 1 is 1.24 bits per heavy atom. The molecule has 90 valence electrons. The van der Waals surface area contributed by atoms with E-state index in [1.54, 1.807) is 6.26 Å². The molecule has 0 aliphatic rings. The third-order valence-corrected chi connectivity index (χ3v) is 2.86. The van der Waals surface area contributed by atoms with Crippen molar-refractivity contribution in [1.29, 1.82) is 0 Å². The summed E-state index contributed by atoms with van der Waals surface area (Å²) in [6.07, 6.45) is 1.72. The van der Waals surface area contributed by atoms with Crippen LogP contribution in [0.15, 0.2) is 28.9 Å². The Kier molecular flexibility index (Phi) is 3.59. The minimum Gasteiger partial charge on any atom is -0.444 e. The summed E-state index contributed by atoms with van der Waals surface area (Å²) in [4.78, 5) is 4.46. The predicted molar refractivity (Wildman–Crippen MR) is 68.8 cm³/mol. The lowest BCUT2D eigenvalue weighted by molar-refractivity contribution is 0.570. The maximum atomic E-state index is 5.49. The highest BCUT2D eigenvalue weighted by molar-refractivity contribution is 5.55. The zero-order chi connectivity index (χ0) is 12.3. The number of hydrogen-bond donors (Lipinski definition) is 1. The zero-order valence-corrected chi connectivity index (χ0v) is 10.6. The van der Waals surface area contributed by atoms with Crippen LogP contribution >= 0.6 is 0 Å². The molecule has 0 bridgehead atoms. The second-order valence-corrected chi connectivity index (χ2v) is 4.22. The first kappa shape index (κ1) is 11.9. The minimum atomic E-state index is 0.695. The van der Waals surface area contributed by atoms with Gasteiger partial charge in [-0.25, -0.2) is 4.98 Å². The van der Waals surface area contributed by atoms with Crippen LogP contribution in [-0.4, -0.2) is 11.5 Å². The molecule has 0 aliphatic heterocycles. The molecule has 3 nitrogen and oxygen atoms in total. The molecule has 0 atom stereocenters. The average molecular weight is 230 g/mol. The van der Waals surface area contributed by atoms with Crippen LogP contribution in [-0.2, 0) is 6.54 Å². The summed E-state index contributed by atoms with van der Waals surface area (Å²) in [6.45, 7) is 7.97. The Morgan fingerprint density at radius 2 is 2.06 bits per heavy atom. The number of benzene rings is 1. The van der Waals surface area contributed by atoms with E-state index in [-0.39, 0.29) is 0 Å². The van der Waals surface area contributed by atoms with Crippen LogP contribution in [0.25, 0.3) is 11.5 Å². The second kappa shape index (κ2) is 5.15. The van der Waals surface area contributed by atoms with Crippen LogP contribution in [0.4, 0.5) is 0 Å². The number of hydrogen-bond acceptors (Lipinski definition) is 3. The molecule has 1 aromatic heterocycles. The number of oxazole rings is 1. The quantitative estimate of drug-likeness (QED) is 0.877. The maximum Gasteiger partial charge on any atom is 0.226 e. The summed E-state index contributed by atoms with van der Waals surface area (Å²) in [6, 6.07) is 6.25. The van der Waals surface area contributed by atoms with Crippen molar-refractivity contribution in [2.75, 3.05) is 6.54 Å². The topological polar surface area (TPSA) is 38.1 Å². The molecule has 1 aromatic carbocycles. The first-order valence-corrected chi connectivity index (χ1v) is 5.93. The highest BCUT2D eigenvalue weighted by atomic mass is 16.3. The van der Waals surface area contributed by atoms with Gasteiger partial charge in [-0.05, 0) is 43.7 Å². The smallest absolute Gasteiger partial charge is 0.226 e. The molecule has 1 N–H and O–H groups in total. The van der Waals surface area contributed by atoms with E-state index >= 15 is 0 Å². The molecule has 0 radical (unpaired) electrons. The first-order valence-electron chi connectivity index (χ1n) is 5.93. The highest BCUT2D eigenvalue weighted by Gasteiger charge is 2.07. The summed E-state index contributed by atoms with van der Waals surface area (Å²) in [5.74, 6) is 0.695. The van der Waals surface area contributed by atoms with Crippen molar-refractivity contribution in [3.63, 3.8) is 0 Å². The van der Waals surface area contributed by atoms with Gasteiger partial charge in [0.15, 0.2) is 0 Å². The van der Waals surface area contributed by atoms with Crippen molar-refractivity contribution in [1.82, 2.24) is 10.3 Å². The van der Waals surface area contributed by atoms with Crippen LogP contribution in [0.2, 0.25) is 0 Å².